The molecular formula is C30H31ClN6OS. The van der Waals surface area contributed by atoms with Crippen molar-refractivity contribution in [3.63, 3.8) is 0 Å². The summed E-state index contributed by atoms with van der Waals surface area (Å²) in [6, 6.07) is 23.7. The smallest absolute Gasteiger partial charge is 0.226 e. The first kappa shape index (κ1) is 26.7. The summed E-state index contributed by atoms with van der Waals surface area (Å²) in [7, 11) is 4.06. The lowest BCUT2D eigenvalue weighted by Gasteiger charge is -2.29. The molecule has 1 saturated heterocycles. The van der Waals surface area contributed by atoms with E-state index in [1.807, 2.05) is 70.4 Å². The summed E-state index contributed by atoms with van der Waals surface area (Å²) in [6.45, 7) is 3.69. The van der Waals surface area contributed by atoms with Crippen LogP contribution in [0.2, 0.25) is 5.02 Å². The number of nitrogens with one attached hydrogen (secondary N) is 2. The molecule has 9 heteroatoms. The first-order chi connectivity index (χ1) is 18.7. The largest absolute Gasteiger partial charge is 0.378 e. The van der Waals surface area contributed by atoms with E-state index in [0.717, 1.165) is 28.5 Å². The van der Waals surface area contributed by atoms with Crippen LogP contribution >= 0.6 is 23.8 Å². The molecule has 1 fully saturated rings. The summed E-state index contributed by atoms with van der Waals surface area (Å²) in [6.07, 6.45) is 3.86. The SMILES string of the molecule is CC(C)C(=O)Nc1ccc(N2C(=S)N[C@@H](c3ccccn3)[C@H]2c2cccn2-c2ccc(N(C)C)cc2)cc1Cl. The molecule has 0 aliphatic carbocycles. The molecule has 2 aromatic heterocycles. The molecule has 0 radical (unpaired) electrons. The molecule has 7 nitrogen and oxygen atoms in total. The number of halogens is 1. The van der Waals surface area contributed by atoms with Gasteiger partial charge in [-0.2, -0.15) is 0 Å². The van der Waals surface area contributed by atoms with Crippen LogP contribution in [-0.2, 0) is 4.79 Å². The van der Waals surface area contributed by atoms with E-state index in [4.69, 9.17) is 23.8 Å². The van der Waals surface area contributed by atoms with E-state index in [-0.39, 0.29) is 23.9 Å². The fraction of sp³-hybridized carbons (Fsp3) is 0.233. The molecule has 0 saturated carbocycles. The maximum absolute atomic E-state index is 12.3. The highest BCUT2D eigenvalue weighted by Crippen LogP contribution is 2.43. The molecule has 2 atom stereocenters. The number of hydrogen-bond donors (Lipinski definition) is 2. The second-order valence-corrected chi connectivity index (χ2v) is 10.8. The highest BCUT2D eigenvalue weighted by molar-refractivity contribution is 7.80. The minimum atomic E-state index is -0.219. The van der Waals surface area contributed by atoms with Crippen molar-refractivity contribution in [2.24, 2.45) is 5.92 Å². The number of pyridine rings is 1. The average Bonchev–Trinajstić information content (AvgIpc) is 3.54. The van der Waals surface area contributed by atoms with Gasteiger partial charge < -0.3 is 25.0 Å². The summed E-state index contributed by atoms with van der Waals surface area (Å²) in [5.74, 6) is -0.242. The first-order valence-corrected chi connectivity index (χ1v) is 13.6. The number of nitrogens with zero attached hydrogens (tertiary/aromatic N) is 4. The van der Waals surface area contributed by atoms with Crippen LogP contribution < -0.4 is 20.4 Å². The minimum absolute atomic E-state index is 0.0887. The Hall–Kier alpha value is -3.88. The summed E-state index contributed by atoms with van der Waals surface area (Å²) in [5.41, 5.74) is 5.49. The Morgan fingerprint density at radius 1 is 1.05 bits per heavy atom. The lowest BCUT2D eigenvalue weighted by Crippen LogP contribution is -2.30. The van der Waals surface area contributed by atoms with E-state index in [2.05, 4.69) is 66.5 Å². The standard InChI is InChI=1S/C30H31ClN6OS/c1-19(2)29(38)33-24-15-14-22(18-23(24)31)37-28(27(34-30(37)39)25-8-5-6-16-32-25)26-9-7-17-36(26)21-12-10-20(11-13-21)35(3)4/h5-19,27-28H,1-4H3,(H,33,38)(H,34,39)/t27-,28+/m0/s1. The van der Waals surface area contributed by atoms with E-state index in [9.17, 15) is 4.79 Å². The van der Waals surface area contributed by atoms with Crippen LogP contribution in [0.15, 0.2) is 85.2 Å². The van der Waals surface area contributed by atoms with Gasteiger partial charge in [0.25, 0.3) is 0 Å². The maximum Gasteiger partial charge on any atom is 0.226 e. The van der Waals surface area contributed by atoms with Gasteiger partial charge in [0.2, 0.25) is 5.91 Å². The number of benzene rings is 2. The molecule has 3 heterocycles. The molecule has 39 heavy (non-hydrogen) atoms. The van der Waals surface area contributed by atoms with Crippen LogP contribution in [0.3, 0.4) is 0 Å². The molecule has 2 aromatic carbocycles. The molecule has 5 rings (SSSR count). The van der Waals surface area contributed by atoms with Gasteiger partial charge in [0, 0.05) is 55.2 Å². The topological polar surface area (TPSA) is 65.4 Å². The highest BCUT2D eigenvalue weighted by Gasteiger charge is 2.42. The molecule has 1 amide bonds. The number of carbonyl (C=O) groups excluding carboxylic acids is 1. The lowest BCUT2D eigenvalue weighted by atomic mass is 10.0. The third-order valence-corrected chi connectivity index (χ3v) is 7.47. The van der Waals surface area contributed by atoms with Crippen molar-refractivity contribution in [3.05, 3.63) is 102 Å². The highest BCUT2D eigenvalue weighted by atomic mass is 35.5. The van der Waals surface area contributed by atoms with Crippen LogP contribution in [-0.4, -0.2) is 34.7 Å². The predicted molar refractivity (Wildman–Crippen MR) is 163 cm³/mol. The van der Waals surface area contributed by atoms with Crippen LogP contribution in [0.4, 0.5) is 17.1 Å². The van der Waals surface area contributed by atoms with Gasteiger partial charge in [-0.1, -0.05) is 31.5 Å². The zero-order chi connectivity index (χ0) is 27.7. The van der Waals surface area contributed by atoms with Gasteiger partial charge in [0.15, 0.2) is 5.11 Å². The van der Waals surface area contributed by atoms with Crippen LogP contribution in [0, 0.1) is 5.92 Å². The van der Waals surface area contributed by atoms with Crippen LogP contribution in [0.25, 0.3) is 5.69 Å². The number of hydrogen-bond acceptors (Lipinski definition) is 4. The van der Waals surface area contributed by atoms with Gasteiger partial charge in [-0.05, 0) is 78.9 Å². The van der Waals surface area contributed by atoms with Crippen molar-refractivity contribution < 1.29 is 4.79 Å². The number of amides is 1. The Labute approximate surface area is 239 Å². The van der Waals surface area contributed by atoms with Gasteiger partial charge in [-0.25, -0.2) is 0 Å². The van der Waals surface area contributed by atoms with Crippen molar-refractivity contribution >= 4 is 51.9 Å². The Morgan fingerprint density at radius 3 is 2.44 bits per heavy atom. The van der Waals surface area contributed by atoms with E-state index in [0.29, 0.717) is 15.8 Å². The van der Waals surface area contributed by atoms with E-state index >= 15 is 0 Å². The number of aromatic nitrogens is 2. The third-order valence-electron chi connectivity index (χ3n) is 6.84. The fourth-order valence-corrected chi connectivity index (χ4v) is 5.32. The number of rotatable bonds is 7. The van der Waals surface area contributed by atoms with Crippen LogP contribution in [0.1, 0.15) is 37.3 Å². The average molecular weight is 559 g/mol. The molecule has 2 N–H and O–H groups in total. The molecule has 0 bridgehead atoms. The number of anilines is 3. The normalized spacial score (nSPS) is 16.9. The molecule has 0 spiro atoms. The zero-order valence-corrected chi connectivity index (χ0v) is 23.9. The molecule has 1 aliphatic rings. The van der Waals surface area contributed by atoms with Gasteiger partial charge in [0.05, 0.1) is 22.4 Å². The Bertz CT molecular complexity index is 1490. The second kappa shape index (κ2) is 11.1. The molecule has 0 unspecified atom stereocenters. The van der Waals surface area contributed by atoms with Gasteiger partial charge >= 0.3 is 0 Å². The second-order valence-electron chi connectivity index (χ2n) is 10.0. The number of thiocarbonyl (C=S) groups is 1. The van der Waals surface area contributed by atoms with E-state index < -0.39 is 0 Å². The summed E-state index contributed by atoms with van der Waals surface area (Å²) in [5, 5.41) is 7.42. The Kier molecular flexibility index (Phi) is 7.59. The summed E-state index contributed by atoms with van der Waals surface area (Å²) in [4.78, 5) is 21.1. The molecule has 1 aliphatic heterocycles. The van der Waals surface area contributed by atoms with Crippen LogP contribution in [0.5, 0.6) is 0 Å². The summed E-state index contributed by atoms with van der Waals surface area (Å²) < 4.78 is 2.18. The predicted octanol–water partition coefficient (Wildman–Crippen LogP) is 6.36. The first-order valence-electron chi connectivity index (χ1n) is 12.8. The van der Waals surface area contributed by atoms with Gasteiger partial charge in [0.1, 0.15) is 6.04 Å². The summed E-state index contributed by atoms with van der Waals surface area (Å²) >= 11 is 12.6. The van der Waals surface area contributed by atoms with Crippen molar-refractivity contribution in [2.75, 3.05) is 29.2 Å². The quantitative estimate of drug-likeness (QED) is 0.257. The number of carbonyl (C=O) groups is 1. The monoisotopic (exact) mass is 558 g/mol. The molecule has 200 valence electrons. The van der Waals surface area contributed by atoms with E-state index in [1.165, 1.54) is 0 Å². The van der Waals surface area contributed by atoms with Crippen molar-refractivity contribution in [3.8, 4) is 5.69 Å². The zero-order valence-electron chi connectivity index (χ0n) is 22.3. The Balaban J connectivity index is 1.58. The van der Waals surface area contributed by atoms with Crippen molar-refractivity contribution in [1.82, 2.24) is 14.9 Å². The Morgan fingerprint density at radius 2 is 1.79 bits per heavy atom. The lowest BCUT2D eigenvalue weighted by molar-refractivity contribution is -0.118. The van der Waals surface area contributed by atoms with Crippen molar-refractivity contribution in [1.29, 1.82) is 0 Å². The maximum atomic E-state index is 12.3. The minimum Gasteiger partial charge on any atom is -0.378 e. The fourth-order valence-electron chi connectivity index (χ4n) is 4.75. The van der Waals surface area contributed by atoms with E-state index in [1.54, 1.807) is 6.20 Å². The molecule has 4 aromatic rings. The third kappa shape index (κ3) is 5.35. The molecular weight excluding hydrogens is 528 g/mol. The van der Waals surface area contributed by atoms with Gasteiger partial charge in [-0.15, -0.1) is 0 Å². The van der Waals surface area contributed by atoms with Gasteiger partial charge in [-0.3, -0.25) is 9.78 Å². The van der Waals surface area contributed by atoms with Crippen molar-refractivity contribution in [2.45, 2.75) is 25.9 Å².